The van der Waals surface area contributed by atoms with Crippen LogP contribution < -0.4 is 0 Å². The van der Waals surface area contributed by atoms with Crippen LogP contribution in [0.2, 0.25) is 0 Å². The molecule has 0 unspecified atom stereocenters. The zero-order valence-electron chi connectivity index (χ0n) is 14.4. The Morgan fingerprint density at radius 3 is 1.59 bits per heavy atom. The molecule has 0 bridgehead atoms. The summed E-state index contributed by atoms with van der Waals surface area (Å²) < 4.78 is 0. The standard InChI is InChI=1S/C20H22.C2H6/c1-3-20(2)14-18-10-6-4-8-16(18)12-13-17-9-5-7-11-19(17)15-20;1-2/h4-13H,3,14-15H2,1-2H3;1-2H3/b13-12-;. The minimum atomic E-state index is 0.332. The molecular weight excluding hydrogens is 264 g/mol. The van der Waals surface area contributed by atoms with Crippen molar-refractivity contribution >= 4 is 12.2 Å². The highest BCUT2D eigenvalue weighted by molar-refractivity contribution is 5.73. The first-order valence-corrected chi connectivity index (χ1v) is 8.54. The van der Waals surface area contributed by atoms with Crippen molar-refractivity contribution in [1.82, 2.24) is 0 Å². The van der Waals surface area contributed by atoms with Gasteiger partial charge in [-0.1, -0.05) is 94.8 Å². The van der Waals surface area contributed by atoms with Crippen LogP contribution in [0, 0.1) is 5.41 Å². The summed E-state index contributed by atoms with van der Waals surface area (Å²) in [6.07, 6.45) is 8.05. The van der Waals surface area contributed by atoms with Crippen LogP contribution in [0.5, 0.6) is 0 Å². The molecule has 2 aromatic carbocycles. The van der Waals surface area contributed by atoms with Crippen LogP contribution in [-0.4, -0.2) is 0 Å². The Kier molecular flexibility index (Phi) is 5.60. The van der Waals surface area contributed by atoms with Crippen molar-refractivity contribution in [2.45, 2.75) is 47.0 Å². The highest BCUT2D eigenvalue weighted by atomic mass is 14.3. The molecule has 2 aromatic rings. The Bertz CT molecular complexity index is 582. The molecule has 1 aliphatic rings. The first-order valence-electron chi connectivity index (χ1n) is 8.54. The average Bonchev–Trinajstić information content (AvgIpc) is 2.62. The summed E-state index contributed by atoms with van der Waals surface area (Å²) in [5.74, 6) is 0. The first-order chi connectivity index (χ1) is 10.7. The van der Waals surface area contributed by atoms with Crippen molar-refractivity contribution in [3.05, 3.63) is 70.8 Å². The van der Waals surface area contributed by atoms with Gasteiger partial charge in [0.05, 0.1) is 0 Å². The normalized spacial score (nSPS) is 16.7. The maximum atomic E-state index is 2.42. The maximum absolute atomic E-state index is 2.42. The summed E-state index contributed by atoms with van der Waals surface area (Å²) in [7, 11) is 0. The van der Waals surface area contributed by atoms with Crippen molar-refractivity contribution in [2.24, 2.45) is 5.41 Å². The zero-order chi connectivity index (χ0) is 16.0. The van der Waals surface area contributed by atoms with E-state index in [1.54, 1.807) is 0 Å². The molecule has 0 heterocycles. The monoisotopic (exact) mass is 292 g/mol. The van der Waals surface area contributed by atoms with Crippen molar-refractivity contribution in [3.8, 4) is 0 Å². The third-order valence-corrected chi connectivity index (χ3v) is 4.64. The molecule has 0 N–H and O–H groups in total. The lowest BCUT2D eigenvalue weighted by Gasteiger charge is -2.29. The van der Waals surface area contributed by atoms with E-state index in [-0.39, 0.29) is 0 Å². The van der Waals surface area contributed by atoms with E-state index in [0.29, 0.717) is 5.41 Å². The van der Waals surface area contributed by atoms with Crippen LogP contribution in [0.1, 0.15) is 56.4 Å². The van der Waals surface area contributed by atoms with E-state index < -0.39 is 0 Å². The summed E-state index contributed by atoms with van der Waals surface area (Å²) in [6, 6.07) is 17.6. The summed E-state index contributed by atoms with van der Waals surface area (Å²) in [5.41, 5.74) is 6.01. The molecule has 0 aliphatic heterocycles. The van der Waals surface area contributed by atoms with E-state index in [9.17, 15) is 0 Å². The van der Waals surface area contributed by atoms with E-state index in [1.165, 1.54) is 28.7 Å². The summed E-state index contributed by atoms with van der Waals surface area (Å²) >= 11 is 0. The van der Waals surface area contributed by atoms with Gasteiger partial charge in [0.1, 0.15) is 0 Å². The molecule has 0 radical (unpaired) electrons. The van der Waals surface area contributed by atoms with Gasteiger partial charge in [-0.25, -0.2) is 0 Å². The van der Waals surface area contributed by atoms with Crippen molar-refractivity contribution < 1.29 is 0 Å². The third kappa shape index (κ3) is 3.68. The van der Waals surface area contributed by atoms with Gasteiger partial charge in [0.15, 0.2) is 0 Å². The molecule has 0 nitrogen and oxygen atoms in total. The third-order valence-electron chi connectivity index (χ3n) is 4.64. The summed E-state index contributed by atoms with van der Waals surface area (Å²) in [5, 5.41) is 0. The second-order valence-electron chi connectivity index (χ2n) is 6.25. The average molecular weight is 292 g/mol. The smallest absolute Gasteiger partial charge is 0.0216 e. The van der Waals surface area contributed by atoms with Crippen molar-refractivity contribution in [2.75, 3.05) is 0 Å². The van der Waals surface area contributed by atoms with Gasteiger partial charge in [0.25, 0.3) is 0 Å². The fourth-order valence-electron chi connectivity index (χ4n) is 3.13. The van der Waals surface area contributed by atoms with E-state index in [1.807, 2.05) is 13.8 Å². The van der Waals surface area contributed by atoms with Gasteiger partial charge in [-0.15, -0.1) is 0 Å². The topological polar surface area (TPSA) is 0 Å². The number of benzene rings is 2. The predicted molar refractivity (Wildman–Crippen MR) is 99.0 cm³/mol. The Morgan fingerprint density at radius 1 is 0.773 bits per heavy atom. The molecule has 0 aromatic heterocycles. The second kappa shape index (κ2) is 7.45. The largest absolute Gasteiger partial charge is 0.0683 e. The molecule has 1 aliphatic carbocycles. The van der Waals surface area contributed by atoms with Crippen LogP contribution in [0.3, 0.4) is 0 Å². The maximum Gasteiger partial charge on any atom is -0.0216 e. The molecule has 0 amide bonds. The number of fused-ring (bicyclic) bond motifs is 2. The summed E-state index contributed by atoms with van der Waals surface area (Å²) in [6.45, 7) is 8.74. The van der Waals surface area contributed by atoms with Crippen LogP contribution in [0.15, 0.2) is 48.5 Å². The van der Waals surface area contributed by atoms with Crippen molar-refractivity contribution in [3.63, 3.8) is 0 Å². The number of hydrogen-bond acceptors (Lipinski definition) is 0. The molecule has 0 heteroatoms. The Hall–Kier alpha value is -1.82. The minimum Gasteiger partial charge on any atom is -0.0683 e. The minimum absolute atomic E-state index is 0.332. The SMILES string of the molecule is CC.CCC1(C)Cc2ccccc2/C=C\c2ccccc2C1. The van der Waals surface area contributed by atoms with Gasteiger partial charge in [-0.3, -0.25) is 0 Å². The number of rotatable bonds is 1. The molecule has 22 heavy (non-hydrogen) atoms. The molecule has 0 atom stereocenters. The van der Waals surface area contributed by atoms with Crippen molar-refractivity contribution in [1.29, 1.82) is 0 Å². The lowest BCUT2D eigenvalue weighted by Crippen LogP contribution is -2.22. The zero-order valence-corrected chi connectivity index (χ0v) is 14.4. The first kappa shape index (κ1) is 16.5. The fraction of sp³-hybridized carbons (Fsp3) is 0.364. The number of hydrogen-bond donors (Lipinski definition) is 0. The lowest BCUT2D eigenvalue weighted by molar-refractivity contribution is 0.305. The molecule has 0 fully saturated rings. The molecule has 0 saturated heterocycles. The quantitative estimate of drug-likeness (QED) is 0.570. The van der Waals surface area contributed by atoms with Crippen LogP contribution in [0.4, 0.5) is 0 Å². The Morgan fingerprint density at radius 2 is 1.18 bits per heavy atom. The van der Waals surface area contributed by atoms with Crippen LogP contribution >= 0.6 is 0 Å². The van der Waals surface area contributed by atoms with Crippen LogP contribution in [-0.2, 0) is 12.8 Å². The van der Waals surface area contributed by atoms with E-state index >= 15 is 0 Å². The Labute approximate surface area is 135 Å². The van der Waals surface area contributed by atoms with Gasteiger partial charge in [-0.2, -0.15) is 0 Å². The molecule has 3 rings (SSSR count). The lowest BCUT2D eigenvalue weighted by atomic mass is 9.75. The Balaban J connectivity index is 0.000000847. The fourth-order valence-corrected chi connectivity index (χ4v) is 3.13. The molecule has 0 spiro atoms. The highest BCUT2D eigenvalue weighted by Crippen LogP contribution is 2.35. The molecule has 116 valence electrons. The van der Waals surface area contributed by atoms with Gasteiger partial charge in [-0.05, 0) is 40.5 Å². The second-order valence-corrected chi connectivity index (χ2v) is 6.25. The highest BCUT2D eigenvalue weighted by Gasteiger charge is 2.25. The van der Waals surface area contributed by atoms with Crippen LogP contribution in [0.25, 0.3) is 12.2 Å². The predicted octanol–water partition coefficient (Wildman–Crippen LogP) is 6.40. The van der Waals surface area contributed by atoms with E-state index in [2.05, 4.69) is 74.5 Å². The summed E-state index contributed by atoms with van der Waals surface area (Å²) in [4.78, 5) is 0. The van der Waals surface area contributed by atoms with Gasteiger partial charge in [0.2, 0.25) is 0 Å². The van der Waals surface area contributed by atoms with Gasteiger partial charge >= 0.3 is 0 Å². The molecule has 0 saturated carbocycles. The molecular formula is C22H28. The van der Waals surface area contributed by atoms with E-state index in [0.717, 1.165) is 12.8 Å². The van der Waals surface area contributed by atoms with Gasteiger partial charge < -0.3 is 0 Å². The van der Waals surface area contributed by atoms with E-state index in [4.69, 9.17) is 0 Å². The van der Waals surface area contributed by atoms with Gasteiger partial charge in [0, 0.05) is 0 Å².